The number of amides is 1. The minimum atomic E-state index is -4.48. The molecule has 118 valence electrons. The fourth-order valence-corrected chi connectivity index (χ4v) is 2.13. The molecule has 0 unspecified atom stereocenters. The van der Waals surface area contributed by atoms with Gasteiger partial charge < -0.3 is 5.32 Å². The zero-order chi connectivity index (χ0) is 16.2. The van der Waals surface area contributed by atoms with Crippen LogP contribution in [0, 0.1) is 5.82 Å². The highest BCUT2D eigenvalue weighted by Gasteiger charge is 2.29. The van der Waals surface area contributed by atoms with Gasteiger partial charge in [-0.1, -0.05) is 17.7 Å². The molecule has 3 nitrogen and oxygen atoms in total. The van der Waals surface area contributed by atoms with Crippen LogP contribution in [-0.2, 0) is 4.79 Å². The van der Waals surface area contributed by atoms with E-state index in [4.69, 9.17) is 11.6 Å². The van der Waals surface area contributed by atoms with Gasteiger partial charge in [-0.15, -0.1) is 0 Å². The van der Waals surface area contributed by atoms with Crippen LogP contribution in [-0.4, -0.2) is 24.7 Å². The summed E-state index contributed by atoms with van der Waals surface area (Å²) >= 11 is 5.88. The molecule has 1 amide bonds. The molecule has 0 radical (unpaired) electrons. The third-order valence-corrected chi connectivity index (χ3v) is 3.12. The van der Waals surface area contributed by atoms with Crippen LogP contribution in [0.1, 0.15) is 25.5 Å². The monoisotopic (exact) mass is 326 g/mol. The van der Waals surface area contributed by atoms with E-state index in [0.29, 0.717) is 0 Å². The first-order valence-electron chi connectivity index (χ1n) is 6.16. The number of hydrogen-bond donors (Lipinski definition) is 2. The highest BCUT2D eigenvalue weighted by atomic mass is 35.5. The summed E-state index contributed by atoms with van der Waals surface area (Å²) in [5.74, 6) is -1.38. The number of halogens is 5. The molecule has 0 aromatic heterocycles. The summed E-state index contributed by atoms with van der Waals surface area (Å²) in [5, 5.41) is 4.64. The Kier molecular flexibility index (Phi) is 5.98. The number of carbonyl (C=O) groups excluding carboxylic acids is 1. The standard InChI is InChI=1S/C13H15ClF4N2O/c1-7(11-9(14)4-3-5-10(11)15)20-8(2)12(21)19-6-13(16,17)18/h3-5,7-8,20H,6H2,1-2H3,(H,19,21)/t7-,8+/m0/s1. The highest BCUT2D eigenvalue weighted by molar-refractivity contribution is 6.31. The van der Waals surface area contributed by atoms with Gasteiger partial charge in [-0.3, -0.25) is 10.1 Å². The Labute approximate surface area is 124 Å². The molecule has 0 fully saturated rings. The number of alkyl halides is 3. The third kappa shape index (κ3) is 5.51. The van der Waals surface area contributed by atoms with Crippen LogP contribution >= 0.6 is 11.6 Å². The lowest BCUT2D eigenvalue weighted by molar-refractivity contribution is -0.139. The first kappa shape index (κ1) is 17.7. The SMILES string of the molecule is C[C@H](N[C@H](C)C(=O)NCC(F)(F)F)c1c(F)cccc1Cl. The van der Waals surface area contributed by atoms with E-state index < -0.39 is 36.5 Å². The molecule has 0 aliphatic heterocycles. The Morgan fingerprint density at radius 3 is 2.48 bits per heavy atom. The number of hydrogen-bond acceptors (Lipinski definition) is 2. The largest absolute Gasteiger partial charge is 0.405 e. The van der Waals surface area contributed by atoms with Crippen molar-refractivity contribution in [3.05, 3.63) is 34.6 Å². The summed E-state index contributed by atoms with van der Waals surface area (Å²) in [5.41, 5.74) is 0.162. The summed E-state index contributed by atoms with van der Waals surface area (Å²) in [6.45, 7) is 1.54. The van der Waals surface area contributed by atoms with Crippen molar-refractivity contribution in [3.63, 3.8) is 0 Å². The van der Waals surface area contributed by atoms with E-state index in [1.54, 1.807) is 12.2 Å². The summed E-state index contributed by atoms with van der Waals surface area (Å²) in [7, 11) is 0. The molecule has 0 saturated carbocycles. The van der Waals surface area contributed by atoms with Gasteiger partial charge in [0, 0.05) is 16.6 Å². The summed E-state index contributed by atoms with van der Waals surface area (Å²) < 4.78 is 49.7. The van der Waals surface area contributed by atoms with Crippen molar-refractivity contribution in [1.82, 2.24) is 10.6 Å². The third-order valence-electron chi connectivity index (χ3n) is 2.79. The minimum absolute atomic E-state index is 0.162. The van der Waals surface area contributed by atoms with E-state index in [1.165, 1.54) is 25.1 Å². The predicted octanol–water partition coefficient (Wildman–Crippen LogP) is 3.20. The van der Waals surface area contributed by atoms with E-state index >= 15 is 0 Å². The average molecular weight is 327 g/mol. The lowest BCUT2D eigenvalue weighted by Crippen LogP contribution is -2.46. The van der Waals surface area contributed by atoms with Gasteiger partial charge in [0.15, 0.2) is 0 Å². The Bertz CT molecular complexity index is 487. The molecule has 0 bridgehead atoms. The number of rotatable bonds is 5. The molecular weight excluding hydrogens is 312 g/mol. The molecule has 0 spiro atoms. The second-order valence-electron chi connectivity index (χ2n) is 4.58. The molecule has 0 aliphatic rings. The summed E-state index contributed by atoms with van der Waals surface area (Å²) in [6.07, 6.45) is -4.48. The maximum atomic E-state index is 13.7. The van der Waals surface area contributed by atoms with Crippen molar-refractivity contribution in [2.24, 2.45) is 0 Å². The highest BCUT2D eigenvalue weighted by Crippen LogP contribution is 2.25. The Morgan fingerprint density at radius 2 is 1.95 bits per heavy atom. The number of benzene rings is 1. The van der Waals surface area contributed by atoms with Gasteiger partial charge in [0.2, 0.25) is 5.91 Å². The van der Waals surface area contributed by atoms with E-state index in [0.717, 1.165) is 0 Å². The normalized spacial score (nSPS) is 14.6. The smallest absolute Gasteiger partial charge is 0.346 e. The van der Waals surface area contributed by atoms with Crippen LogP contribution in [0.3, 0.4) is 0 Å². The van der Waals surface area contributed by atoms with Crippen molar-refractivity contribution in [2.45, 2.75) is 32.1 Å². The van der Waals surface area contributed by atoms with E-state index in [9.17, 15) is 22.4 Å². The summed E-state index contributed by atoms with van der Waals surface area (Å²) in [4.78, 5) is 11.5. The molecule has 0 aliphatic carbocycles. The molecular formula is C13H15ClF4N2O. The van der Waals surface area contributed by atoms with Crippen molar-refractivity contribution in [1.29, 1.82) is 0 Å². The molecule has 1 aromatic rings. The van der Waals surface area contributed by atoms with Crippen LogP contribution in [0.4, 0.5) is 17.6 Å². The van der Waals surface area contributed by atoms with Crippen molar-refractivity contribution in [2.75, 3.05) is 6.54 Å². The zero-order valence-electron chi connectivity index (χ0n) is 11.4. The fraction of sp³-hybridized carbons (Fsp3) is 0.462. The van der Waals surface area contributed by atoms with Gasteiger partial charge in [-0.2, -0.15) is 13.2 Å². The van der Waals surface area contributed by atoms with Crippen LogP contribution in [0.25, 0.3) is 0 Å². The average Bonchev–Trinajstić information content (AvgIpc) is 2.34. The van der Waals surface area contributed by atoms with Crippen molar-refractivity contribution < 1.29 is 22.4 Å². The predicted molar refractivity (Wildman–Crippen MR) is 71.5 cm³/mol. The van der Waals surface area contributed by atoms with Gasteiger partial charge in [0.1, 0.15) is 12.4 Å². The molecule has 0 heterocycles. The zero-order valence-corrected chi connectivity index (χ0v) is 12.1. The van der Waals surface area contributed by atoms with Gasteiger partial charge >= 0.3 is 6.18 Å². The fourth-order valence-electron chi connectivity index (χ4n) is 1.80. The van der Waals surface area contributed by atoms with E-state index in [2.05, 4.69) is 5.32 Å². The quantitative estimate of drug-likeness (QED) is 0.816. The Balaban J connectivity index is 2.66. The molecule has 21 heavy (non-hydrogen) atoms. The van der Waals surface area contributed by atoms with Crippen LogP contribution in [0.15, 0.2) is 18.2 Å². The molecule has 2 N–H and O–H groups in total. The van der Waals surface area contributed by atoms with E-state index in [1.807, 2.05) is 0 Å². The lowest BCUT2D eigenvalue weighted by atomic mass is 10.1. The van der Waals surface area contributed by atoms with Crippen LogP contribution in [0.2, 0.25) is 5.02 Å². The molecule has 2 atom stereocenters. The van der Waals surface area contributed by atoms with Gasteiger partial charge in [0.05, 0.1) is 6.04 Å². The number of carbonyl (C=O) groups is 1. The minimum Gasteiger partial charge on any atom is -0.346 e. The Morgan fingerprint density at radius 1 is 1.33 bits per heavy atom. The van der Waals surface area contributed by atoms with Gasteiger partial charge in [0.25, 0.3) is 0 Å². The first-order valence-corrected chi connectivity index (χ1v) is 6.54. The van der Waals surface area contributed by atoms with Crippen molar-refractivity contribution >= 4 is 17.5 Å². The van der Waals surface area contributed by atoms with Crippen LogP contribution in [0.5, 0.6) is 0 Å². The molecule has 1 aromatic carbocycles. The molecule has 0 saturated heterocycles. The van der Waals surface area contributed by atoms with Crippen molar-refractivity contribution in [3.8, 4) is 0 Å². The second-order valence-corrected chi connectivity index (χ2v) is 4.99. The maximum Gasteiger partial charge on any atom is 0.405 e. The van der Waals surface area contributed by atoms with Crippen LogP contribution < -0.4 is 10.6 Å². The maximum absolute atomic E-state index is 13.7. The number of nitrogens with one attached hydrogen (secondary N) is 2. The lowest BCUT2D eigenvalue weighted by Gasteiger charge is -2.21. The second kappa shape index (κ2) is 7.09. The Hall–Kier alpha value is -1.34. The molecule has 8 heteroatoms. The topological polar surface area (TPSA) is 41.1 Å². The van der Waals surface area contributed by atoms with Gasteiger partial charge in [-0.25, -0.2) is 4.39 Å². The van der Waals surface area contributed by atoms with E-state index in [-0.39, 0.29) is 10.6 Å². The van der Waals surface area contributed by atoms with Gasteiger partial charge in [-0.05, 0) is 26.0 Å². The molecule has 1 rings (SSSR count). The first-order chi connectivity index (χ1) is 9.61. The summed E-state index contributed by atoms with van der Waals surface area (Å²) in [6, 6.07) is 2.58.